The number of hydrogen-bond donors (Lipinski definition) is 1. The molecule has 1 rings (SSSR count). The van der Waals surface area contributed by atoms with Crippen molar-refractivity contribution >= 4 is 0 Å². The molecule has 3 heteroatoms. The fourth-order valence-electron chi connectivity index (χ4n) is 2.08. The predicted octanol–water partition coefficient (Wildman–Crippen LogP) is 1.75. The van der Waals surface area contributed by atoms with Crippen LogP contribution < -0.4 is 5.32 Å². The van der Waals surface area contributed by atoms with Gasteiger partial charge in [0.15, 0.2) is 0 Å². The molecule has 0 aromatic rings. The lowest BCUT2D eigenvalue weighted by molar-refractivity contribution is 0.169. The van der Waals surface area contributed by atoms with Crippen LogP contribution in [0.2, 0.25) is 0 Å². The lowest BCUT2D eigenvalue weighted by Crippen LogP contribution is -2.45. The van der Waals surface area contributed by atoms with Gasteiger partial charge in [0.1, 0.15) is 0 Å². The molecule has 0 aromatic carbocycles. The summed E-state index contributed by atoms with van der Waals surface area (Å²) in [5.41, 5.74) is 0. The van der Waals surface area contributed by atoms with Gasteiger partial charge in [0.05, 0.1) is 12.1 Å². The van der Waals surface area contributed by atoms with Gasteiger partial charge in [-0.3, -0.25) is 4.90 Å². The van der Waals surface area contributed by atoms with E-state index in [1.165, 1.54) is 32.4 Å². The Bertz CT molecular complexity index is 203. The van der Waals surface area contributed by atoms with Gasteiger partial charge in [-0.25, -0.2) is 0 Å². The smallest absolute Gasteiger partial charge is 0.0950 e. The van der Waals surface area contributed by atoms with E-state index in [2.05, 4.69) is 23.2 Å². The standard InChI is InChI=1S/C12H23N3/c1-3-12(9-13)14-10-11(2)15-7-5-4-6-8-15/h11-12,14H,3-8,10H2,1-2H3. The molecule has 0 saturated carbocycles. The molecule has 0 bridgehead atoms. The van der Waals surface area contributed by atoms with Crippen LogP contribution in [0.4, 0.5) is 0 Å². The van der Waals surface area contributed by atoms with Crippen LogP contribution in [0.1, 0.15) is 39.5 Å². The number of nitriles is 1. The van der Waals surface area contributed by atoms with Gasteiger partial charge >= 0.3 is 0 Å². The highest BCUT2D eigenvalue weighted by Gasteiger charge is 2.17. The van der Waals surface area contributed by atoms with Gasteiger partial charge in [-0.2, -0.15) is 5.26 Å². The summed E-state index contributed by atoms with van der Waals surface area (Å²) < 4.78 is 0. The first-order valence-corrected chi connectivity index (χ1v) is 6.15. The van der Waals surface area contributed by atoms with Crippen LogP contribution in [0.3, 0.4) is 0 Å². The first kappa shape index (κ1) is 12.5. The van der Waals surface area contributed by atoms with Crippen molar-refractivity contribution in [1.82, 2.24) is 10.2 Å². The van der Waals surface area contributed by atoms with Gasteiger partial charge in [-0.1, -0.05) is 13.3 Å². The molecule has 0 spiro atoms. The van der Waals surface area contributed by atoms with Gasteiger partial charge in [-0.15, -0.1) is 0 Å². The summed E-state index contributed by atoms with van der Waals surface area (Å²) in [6.45, 7) is 7.69. The average Bonchev–Trinajstić information content (AvgIpc) is 2.31. The lowest BCUT2D eigenvalue weighted by atomic mass is 10.1. The van der Waals surface area contributed by atoms with Crippen molar-refractivity contribution in [3.63, 3.8) is 0 Å². The Morgan fingerprint density at radius 3 is 2.53 bits per heavy atom. The topological polar surface area (TPSA) is 39.1 Å². The van der Waals surface area contributed by atoms with Crippen LogP contribution in [0.25, 0.3) is 0 Å². The van der Waals surface area contributed by atoms with Crippen molar-refractivity contribution in [2.45, 2.75) is 51.6 Å². The van der Waals surface area contributed by atoms with E-state index in [1.807, 2.05) is 6.92 Å². The fourth-order valence-corrected chi connectivity index (χ4v) is 2.08. The van der Waals surface area contributed by atoms with Crippen molar-refractivity contribution in [3.05, 3.63) is 0 Å². The molecule has 1 aliphatic heterocycles. The van der Waals surface area contributed by atoms with Crippen molar-refractivity contribution in [1.29, 1.82) is 5.26 Å². The Hall–Kier alpha value is -0.590. The Balaban J connectivity index is 2.22. The summed E-state index contributed by atoms with van der Waals surface area (Å²) in [4.78, 5) is 2.53. The minimum absolute atomic E-state index is 0.0252. The molecule has 2 atom stereocenters. The van der Waals surface area contributed by atoms with Crippen molar-refractivity contribution in [2.75, 3.05) is 19.6 Å². The van der Waals surface area contributed by atoms with Crippen LogP contribution in [0.5, 0.6) is 0 Å². The van der Waals surface area contributed by atoms with Crippen LogP contribution in [0, 0.1) is 11.3 Å². The monoisotopic (exact) mass is 209 g/mol. The summed E-state index contributed by atoms with van der Waals surface area (Å²) in [5, 5.41) is 12.1. The number of nitrogens with one attached hydrogen (secondary N) is 1. The zero-order valence-corrected chi connectivity index (χ0v) is 10.00. The Morgan fingerprint density at radius 1 is 1.33 bits per heavy atom. The SMILES string of the molecule is CCC(C#N)NCC(C)N1CCCCC1. The third-order valence-electron chi connectivity index (χ3n) is 3.24. The molecule has 1 aliphatic rings. The summed E-state index contributed by atoms with van der Waals surface area (Å²) in [7, 11) is 0. The molecule has 1 fully saturated rings. The van der Waals surface area contributed by atoms with Gasteiger partial charge in [-0.05, 0) is 39.3 Å². The fraction of sp³-hybridized carbons (Fsp3) is 0.917. The molecule has 1 N–H and O–H groups in total. The van der Waals surface area contributed by atoms with E-state index >= 15 is 0 Å². The van der Waals surface area contributed by atoms with Gasteiger partial charge in [0.25, 0.3) is 0 Å². The van der Waals surface area contributed by atoms with Crippen LogP contribution in [-0.2, 0) is 0 Å². The van der Waals surface area contributed by atoms with Crippen molar-refractivity contribution in [3.8, 4) is 6.07 Å². The van der Waals surface area contributed by atoms with Gasteiger partial charge < -0.3 is 5.32 Å². The predicted molar refractivity (Wildman–Crippen MR) is 62.6 cm³/mol. The van der Waals surface area contributed by atoms with E-state index in [1.54, 1.807) is 0 Å². The maximum atomic E-state index is 8.82. The van der Waals surface area contributed by atoms with E-state index in [0.29, 0.717) is 6.04 Å². The summed E-state index contributed by atoms with van der Waals surface area (Å²) >= 11 is 0. The molecule has 0 radical (unpaired) electrons. The largest absolute Gasteiger partial charge is 0.300 e. The molecule has 0 amide bonds. The molecule has 3 nitrogen and oxygen atoms in total. The molecule has 15 heavy (non-hydrogen) atoms. The van der Waals surface area contributed by atoms with Crippen molar-refractivity contribution in [2.24, 2.45) is 0 Å². The zero-order valence-electron chi connectivity index (χ0n) is 10.00. The summed E-state index contributed by atoms with van der Waals surface area (Å²) in [6, 6.07) is 2.87. The second-order valence-corrected chi connectivity index (χ2v) is 4.44. The second-order valence-electron chi connectivity index (χ2n) is 4.44. The molecule has 0 aliphatic carbocycles. The zero-order chi connectivity index (χ0) is 11.1. The van der Waals surface area contributed by atoms with Gasteiger partial charge in [0, 0.05) is 12.6 Å². The molecule has 1 saturated heterocycles. The highest BCUT2D eigenvalue weighted by Crippen LogP contribution is 2.11. The van der Waals surface area contributed by atoms with Crippen LogP contribution >= 0.6 is 0 Å². The quantitative estimate of drug-likeness (QED) is 0.750. The maximum absolute atomic E-state index is 8.82. The Labute approximate surface area is 93.5 Å². The Kier molecular flexibility index (Phi) is 5.67. The van der Waals surface area contributed by atoms with Crippen LogP contribution in [-0.4, -0.2) is 36.6 Å². The summed E-state index contributed by atoms with van der Waals surface area (Å²) in [6.07, 6.45) is 4.94. The summed E-state index contributed by atoms with van der Waals surface area (Å²) in [5.74, 6) is 0. The molecule has 0 aromatic heterocycles. The van der Waals surface area contributed by atoms with Crippen molar-refractivity contribution < 1.29 is 0 Å². The minimum Gasteiger partial charge on any atom is -0.300 e. The molecular weight excluding hydrogens is 186 g/mol. The number of nitrogens with zero attached hydrogens (tertiary/aromatic N) is 2. The van der Waals surface area contributed by atoms with E-state index in [-0.39, 0.29) is 6.04 Å². The lowest BCUT2D eigenvalue weighted by Gasteiger charge is -2.32. The number of likely N-dealkylation sites (tertiary alicyclic amines) is 1. The second kappa shape index (κ2) is 6.81. The molecule has 86 valence electrons. The highest BCUT2D eigenvalue weighted by molar-refractivity contribution is 4.89. The molecule has 1 heterocycles. The first-order chi connectivity index (χ1) is 7.27. The maximum Gasteiger partial charge on any atom is 0.0950 e. The Morgan fingerprint density at radius 2 is 2.00 bits per heavy atom. The molecule has 2 unspecified atom stereocenters. The van der Waals surface area contributed by atoms with E-state index in [0.717, 1.165) is 13.0 Å². The van der Waals surface area contributed by atoms with E-state index in [4.69, 9.17) is 5.26 Å². The number of rotatable bonds is 5. The minimum atomic E-state index is 0.0252. The van der Waals surface area contributed by atoms with E-state index < -0.39 is 0 Å². The van der Waals surface area contributed by atoms with E-state index in [9.17, 15) is 0 Å². The number of piperidine rings is 1. The molecular formula is C12H23N3. The normalized spacial score (nSPS) is 21.9. The van der Waals surface area contributed by atoms with Crippen LogP contribution in [0.15, 0.2) is 0 Å². The average molecular weight is 209 g/mol. The third kappa shape index (κ3) is 4.19. The highest BCUT2D eigenvalue weighted by atomic mass is 15.2. The first-order valence-electron chi connectivity index (χ1n) is 6.15. The van der Waals surface area contributed by atoms with Gasteiger partial charge in [0.2, 0.25) is 0 Å². The third-order valence-corrected chi connectivity index (χ3v) is 3.24. The number of hydrogen-bond acceptors (Lipinski definition) is 3.